The number of methoxy groups -OCH3 is 1. The lowest BCUT2D eigenvalue weighted by molar-refractivity contribution is 0.0593. The van der Waals surface area contributed by atoms with Crippen LogP contribution in [0.4, 0.5) is 0 Å². The van der Waals surface area contributed by atoms with Gasteiger partial charge in [0.1, 0.15) is 5.82 Å². The van der Waals surface area contributed by atoms with Gasteiger partial charge in [-0.25, -0.2) is 9.78 Å². The highest BCUT2D eigenvalue weighted by atomic mass is 16.5. The van der Waals surface area contributed by atoms with Crippen LogP contribution in [0.3, 0.4) is 0 Å². The van der Waals surface area contributed by atoms with Crippen molar-refractivity contribution in [2.75, 3.05) is 7.11 Å². The number of aryl methyl sites for hydroxylation is 1. The molecule has 0 saturated carbocycles. The number of rotatable bonds is 1. The molecule has 0 saturated heterocycles. The SMILES string of the molecule is COC(=O)c1cc(=O)n(C)c(C)n1. The van der Waals surface area contributed by atoms with Crippen LogP contribution in [0.5, 0.6) is 0 Å². The van der Waals surface area contributed by atoms with E-state index < -0.39 is 5.97 Å². The van der Waals surface area contributed by atoms with Gasteiger partial charge >= 0.3 is 5.97 Å². The number of hydrogen-bond donors (Lipinski definition) is 0. The fourth-order valence-corrected chi connectivity index (χ4v) is 0.864. The molecule has 0 aliphatic carbocycles. The summed E-state index contributed by atoms with van der Waals surface area (Å²) in [5, 5.41) is 0. The quantitative estimate of drug-likeness (QED) is 0.568. The van der Waals surface area contributed by atoms with Crippen molar-refractivity contribution in [2.45, 2.75) is 6.92 Å². The molecule has 0 unspecified atom stereocenters. The highest BCUT2D eigenvalue weighted by molar-refractivity contribution is 5.86. The average Bonchev–Trinajstić information content (AvgIpc) is 2.12. The van der Waals surface area contributed by atoms with E-state index >= 15 is 0 Å². The van der Waals surface area contributed by atoms with Gasteiger partial charge in [0.25, 0.3) is 5.56 Å². The van der Waals surface area contributed by atoms with Crippen LogP contribution in [0.25, 0.3) is 0 Å². The summed E-state index contributed by atoms with van der Waals surface area (Å²) in [6.45, 7) is 1.65. The molecule has 0 fully saturated rings. The molecule has 5 heteroatoms. The molecule has 13 heavy (non-hydrogen) atoms. The summed E-state index contributed by atoms with van der Waals surface area (Å²) in [4.78, 5) is 26.1. The van der Waals surface area contributed by atoms with Crippen LogP contribution >= 0.6 is 0 Å². The van der Waals surface area contributed by atoms with E-state index in [-0.39, 0.29) is 11.3 Å². The van der Waals surface area contributed by atoms with E-state index in [0.717, 1.165) is 6.07 Å². The van der Waals surface area contributed by atoms with Crippen LogP contribution in [0.2, 0.25) is 0 Å². The second kappa shape index (κ2) is 3.38. The van der Waals surface area contributed by atoms with Crippen molar-refractivity contribution in [1.29, 1.82) is 0 Å². The van der Waals surface area contributed by atoms with Crippen LogP contribution in [-0.2, 0) is 11.8 Å². The Morgan fingerprint density at radius 2 is 2.23 bits per heavy atom. The second-order valence-electron chi connectivity index (χ2n) is 2.58. The Morgan fingerprint density at radius 3 is 2.69 bits per heavy atom. The highest BCUT2D eigenvalue weighted by Crippen LogP contribution is 1.94. The van der Waals surface area contributed by atoms with Crippen molar-refractivity contribution in [3.05, 3.63) is 27.9 Å². The van der Waals surface area contributed by atoms with E-state index in [1.54, 1.807) is 14.0 Å². The van der Waals surface area contributed by atoms with Gasteiger partial charge in [0.15, 0.2) is 5.69 Å². The third-order valence-electron chi connectivity index (χ3n) is 1.75. The van der Waals surface area contributed by atoms with E-state index in [2.05, 4.69) is 9.72 Å². The Hall–Kier alpha value is -1.65. The number of hydrogen-bond acceptors (Lipinski definition) is 4. The van der Waals surface area contributed by atoms with Gasteiger partial charge in [0, 0.05) is 13.1 Å². The van der Waals surface area contributed by atoms with E-state index in [9.17, 15) is 9.59 Å². The average molecular weight is 182 g/mol. The molecule has 5 nitrogen and oxygen atoms in total. The van der Waals surface area contributed by atoms with Crippen molar-refractivity contribution in [3.63, 3.8) is 0 Å². The summed E-state index contributed by atoms with van der Waals surface area (Å²) in [5.41, 5.74) is -0.226. The third-order valence-corrected chi connectivity index (χ3v) is 1.75. The van der Waals surface area contributed by atoms with Gasteiger partial charge in [0.05, 0.1) is 7.11 Å². The molecule has 1 rings (SSSR count). The fourth-order valence-electron chi connectivity index (χ4n) is 0.864. The lowest BCUT2D eigenvalue weighted by atomic mass is 10.4. The summed E-state index contributed by atoms with van der Waals surface area (Å²) >= 11 is 0. The largest absolute Gasteiger partial charge is 0.464 e. The van der Waals surface area contributed by atoms with E-state index in [1.807, 2.05) is 0 Å². The van der Waals surface area contributed by atoms with Gasteiger partial charge in [-0.1, -0.05) is 0 Å². The van der Waals surface area contributed by atoms with Gasteiger partial charge in [-0.2, -0.15) is 0 Å². The third kappa shape index (κ3) is 1.74. The molecule has 0 aliphatic heterocycles. The first-order valence-corrected chi connectivity index (χ1v) is 3.69. The number of carbonyl (C=O) groups is 1. The molecule has 0 N–H and O–H groups in total. The van der Waals surface area contributed by atoms with Crippen LogP contribution in [0.1, 0.15) is 16.3 Å². The monoisotopic (exact) mass is 182 g/mol. The normalized spacial score (nSPS) is 9.77. The van der Waals surface area contributed by atoms with E-state index in [4.69, 9.17) is 0 Å². The smallest absolute Gasteiger partial charge is 0.356 e. The summed E-state index contributed by atoms with van der Waals surface area (Å²) in [5.74, 6) is -0.117. The molecular weight excluding hydrogens is 172 g/mol. The minimum atomic E-state index is -0.596. The summed E-state index contributed by atoms with van der Waals surface area (Å²) in [7, 11) is 2.84. The van der Waals surface area contributed by atoms with Crippen LogP contribution in [0, 0.1) is 6.92 Å². The molecule has 0 aliphatic rings. The molecule has 0 amide bonds. The number of carbonyl (C=O) groups excluding carboxylic acids is 1. The first-order valence-electron chi connectivity index (χ1n) is 3.69. The topological polar surface area (TPSA) is 61.2 Å². The van der Waals surface area contributed by atoms with Gasteiger partial charge in [0.2, 0.25) is 0 Å². The first-order chi connectivity index (χ1) is 6.06. The molecule has 0 aromatic carbocycles. The molecule has 0 spiro atoms. The zero-order chi connectivity index (χ0) is 10.0. The molecule has 0 radical (unpaired) electrons. The molecule has 1 heterocycles. The van der Waals surface area contributed by atoms with Crippen molar-refractivity contribution in [1.82, 2.24) is 9.55 Å². The Kier molecular flexibility index (Phi) is 2.46. The minimum absolute atomic E-state index is 0.0445. The Balaban J connectivity index is 3.29. The molecular formula is C8H10N2O3. The van der Waals surface area contributed by atoms with Crippen LogP contribution in [0.15, 0.2) is 10.9 Å². The van der Waals surface area contributed by atoms with Crippen LogP contribution < -0.4 is 5.56 Å². The molecule has 1 aromatic rings. The molecule has 70 valence electrons. The zero-order valence-electron chi connectivity index (χ0n) is 7.70. The summed E-state index contributed by atoms with van der Waals surface area (Å²) < 4.78 is 5.79. The van der Waals surface area contributed by atoms with E-state index in [0.29, 0.717) is 5.82 Å². The molecule has 1 aromatic heterocycles. The van der Waals surface area contributed by atoms with Crippen molar-refractivity contribution in [3.8, 4) is 0 Å². The van der Waals surface area contributed by atoms with Crippen LogP contribution in [-0.4, -0.2) is 22.6 Å². The Labute approximate surface area is 75.0 Å². The number of nitrogens with zero attached hydrogens (tertiary/aromatic N) is 2. The van der Waals surface area contributed by atoms with Crippen molar-refractivity contribution >= 4 is 5.97 Å². The van der Waals surface area contributed by atoms with Gasteiger partial charge in [-0.15, -0.1) is 0 Å². The maximum absolute atomic E-state index is 11.2. The zero-order valence-corrected chi connectivity index (χ0v) is 7.70. The summed E-state index contributed by atoms with van der Waals surface area (Å²) in [6, 6.07) is 1.15. The lowest BCUT2D eigenvalue weighted by Crippen LogP contribution is -2.22. The standard InChI is InChI=1S/C8H10N2O3/c1-5-9-6(8(12)13-3)4-7(11)10(5)2/h4H,1-3H3. The maximum atomic E-state index is 11.2. The van der Waals surface area contributed by atoms with Gasteiger partial charge < -0.3 is 9.30 Å². The molecule has 0 bridgehead atoms. The lowest BCUT2D eigenvalue weighted by Gasteiger charge is -2.03. The maximum Gasteiger partial charge on any atom is 0.356 e. The van der Waals surface area contributed by atoms with Crippen molar-refractivity contribution < 1.29 is 9.53 Å². The highest BCUT2D eigenvalue weighted by Gasteiger charge is 2.09. The minimum Gasteiger partial charge on any atom is -0.464 e. The van der Waals surface area contributed by atoms with Gasteiger partial charge in [-0.3, -0.25) is 4.79 Å². The van der Waals surface area contributed by atoms with Crippen molar-refractivity contribution in [2.24, 2.45) is 7.05 Å². The Bertz CT molecular complexity index is 395. The number of esters is 1. The fraction of sp³-hybridized carbons (Fsp3) is 0.375. The predicted octanol–water partition coefficient (Wildman–Crippen LogP) is -0.125. The van der Waals surface area contributed by atoms with Gasteiger partial charge in [-0.05, 0) is 6.92 Å². The Morgan fingerprint density at radius 1 is 1.62 bits per heavy atom. The number of ether oxygens (including phenoxy) is 1. The first kappa shape index (κ1) is 9.44. The second-order valence-corrected chi connectivity index (χ2v) is 2.58. The predicted molar refractivity (Wildman–Crippen MR) is 45.6 cm³/mol. The summed E-state index contributed by atoms with van der Waals surface area (Å²) in [6.07, 6.45) is 0. The number of aromatic nitrogens is 2. The molecule has 0 atom stereocenters. The van der Waals surface area contributed by atoms with E-state index in [1.165, 1.54) is 11.7 Å².